The predicted molar refractivity (Wildman–Crippen MR) is 73.9 cm³/mol. The molecule has 0 aromatic heterocycles. The summed E-state index contributed by atoms with van der Waals surface area (Å²) in [5.41, 5.74) is 8.13. The first-order chi connectivity index (χ1) is 8.08. The SMILES string of the molecule is CCC(N)CCCc1cc(Cl)c(C)cc1OC. The fourth-order valence-electron chi connectivity index (χ4n) is 1.84. The molecular formula is C14H22ClNO. The van der Waals surface area contributed by atoms with Gasteiger partial charge in [-0.3, -0.25) is 0 Å². The average Bonchev–Trinajstić information content (AvgIpc) is 2.32. The van der Waals surface area contributed by atoms with Crippen LogP contribution in [0.15, 0.2) is 12.1 Å². The molecule has 0 aliphatic heterocycles. The zero-order valence-corrected chi connectivity index (χ0v) is 11.7. The van der Waals surface area contributed by atoms with Gasteiger partial charge in [-0.25, -0.2) is 0 Å². The first-order valence-corrected chi connectivity index (χ1v) is 6.54. The third kappa shape index (κ3) is 4.21. The molecule has 1 aromatic rings. The Hall–Kier alpha value is -0.730. The number of aryl methyl sites for hydroxylation is 2. The minimum Gasteiger partial charge on any atom is -0.496 e. The van der Waals surface area contributed by atoms with Crippen molar-refractivity contribution < 1.29 is 4.74 Å². The lowest BCUT2D eigenvalue weighted by molar-refractivity contribution is 0.408. The summed E-state index contributed by atoms with van der Waals surface area (Å²) in [6, 6.07) is 4.31. The number of halogens is 1. The molecule has 0 fully saturated rings. The van der Waals surface area contributed by atoms with Crippen LogP contribution in [0, 0.1) is 6.92 Å². The minimum atomic E-state index is 0.307. The van der Waals surface area contributed by atoms with Crippen LogP contribution >= 0.6 is 11.6 Å². The topological polar surface area (TPSA) is 35.2 Å². The first-order valence-electron chi connectivity index (χ1n) is 6.17. The summed E-state index contributed by atoms with van der Waals surface area (Å²) in [6.07, 6.45) is 4.12. The fourth-order valence-corrected chi connectivity index (χ4v) is 2.03. The molecule has 1 rings (SSSR count). The Bertz CT molecular complexity index is 365. The Morgan fingerprint density at radius 3 is 2.71 bits per heavy atom. The summed E-state index contributed by atoms with van der Waals surface area (Å²) in [5, 5.41) is 0.806. The van der Waals surface area contributed by atoms with Gasteiger partial charge in [0.2, 0.25) is 0 Å². The van der Waals surface area contributed by atoms with Crippen molar-refractivity contribution in [3.63, 3.8) is 0 Å². The monoisotopic (exact) mass is 255 g/mol. The largest absolute Gasteiger partial charge is 0.496 e. The summed E-state index contributed by atoms with van der Waals surface area (Å²) in [4.78, 5) is 0. The zero-order chi connectivity index (χ0) is 12.8. The van der Waals surface area contributed by atoms with Gasteiger partial charge < -0.3 is 10.5 Å². The number of hydrogen-bond donors (Lipinski definition) is 1. The van der Waals surface area contributed by atoms with Gasteiger partial charge in [0.05, 0.1) is 7.11 Å². The van der Waals surface area contributed by atoms with E-state index in [2.05, 4.69) is 6.92 Å². The van der Waals surface area contributed by atoms with Gasteiger partial charge in [-0.15, -0.1) is 0 Å². The van der Waals surface area contributed by atoms with E-state index < -0.39 is 0 Å². The molecule has 0 saturated heterocycles. The smallest absolute Gasteiger partial charge is 0.122 e. The van der Waals surface area contributed by atoms with Gasteiger partial charge in [-0.05, 0) is 55.9 Å². The van der Waals surface area contributed by atoms with Gasteiger partial charge in [0.25, 0.3) is 0 Å². The van der Waals surface area contributed by atoms with E-state index in [9.17, 15) is 0 Å². The Morgan fingerprint density at radius 1 is 1.41 bits per heavy atom. The molecule has 0 amide bonds. The van der Waals surface area contributed by atoms with Crippen LogP contribution < -0.4 is 10.5 Å². The van der Waals surface area contributed by atoms with Gasteiger partial charge in [0, 0.05) is 11.1 Å². The lowest BCUT2D eigenvalue weighted by atomic mass is 10.0. The third-order valence-electron chi connectivity index (χ3n) is 3.11. The molecule has 0 aliphatic rings. The van der Waals surface area contributed by atoms with Crippen molar-refractivity contribution in [2.75, 3.05) is 7.11 Å². The molecular weight excluding hydrogens is 234 g/mol. The normalized spacial score (nSPS) is 12.5. The van der Waals surface area contributed by atoms with E-state index in [0.29, 0.717) is 6.04 Å². The second-order valence-corrected chi connectivity index (χ2v) is 4.88. The highest BCUT2D eigenvalue weighted by Crippen LogP contribution is 2.27. The molecule has 3 heteroatoms. The van der Waals surface area contributed by atoms with Crippen LogP contribution in [0.25, 0.3) is 0 Å². The quantitative estimate of drug-likeness (QED) is 0.841. The molecule has 1 atom stereocenters. The van der Waals surface area contributed by atoms with Crippen LogP contribution in [-0.4, -0.2) is 13.2 Å². The van der Waals surface area contributed by atoms with Gasteiger partial charge in [0.1, 0.15) is 5.75 Å². The molecule has 17 heavy (non-hydrogen) atoms. The van der Waals surface area contributed by atoms with Gasteiger partial charge in [-0.1, -0.05) is 18.5 Å². The van der Waals surface area contributed by atoms with Crippen LogP contribution in [0.2, 0.25) is 5.02 Å². The summed E-state index contributed by atoms with van der Waals surface area (Å²) in [6.45, 7) is 4.11. The second-order valence-electron chi connectivity index (χ2n) is 4.47. The maximum atomic E-state index is 6.13. The highest BCUT2D eigenvalue weighted by Gasteiger charge is 2.07. The molecule has 0 aliphatic carbocycles. The maximum Gasteiger partial charge on any atom is 0.122 e. The molecule has 0 bridgehead atoms. The van der Waals surface area contributed by atoms with Crippen molar-refractivity contribution in [1.82, 2.24) is 0 Å². The lowest BCUT2D eigenvalue weighted by Gasteiger charge is -2.12. The molecule has 0 heterocycles. The van der Waals surface area contributed by atoms with E-state index >= 15 is 0 Å². The van der Waals surface area contributed by atoms with Crippen molar-refractivity contribution >= 4 is 11.6 Å². The molecule has 0 radical (unpaired) electrons. The predicted octanol–water partition coefficient (Wildman–Crippen LogP) is 3.72. The van der Waals surface area contributed by atoms with E-state index in [1.807, 2.05) is 19.1 Å². The average molecular weight is 256 g/mol. The van der Waals surface area contributed by atoms with Crippen molar-refractivity contribution in [2.24, 2.45) is 5.73 Å². The highest BCUT2D eigenvalue weighted by atomic mass is 35.5. The van der Waals surface area contributed by atoms with Crippen molar-refractivity contribution in [2.45, 2.75) is 45.6 Å². The number of methoxy groups -OCH3 is 1. The van der Waals surface area contributed by atoms with Gasteiger partial charge in [0.15, 0.2) is 0 Å². The molecule has 2 nitrogen and oxygen atoms in total. The fraction of sp³-hybridized carbons (Fsp3) is 0.571. The van der Waals surface area contributed by atoms with E-state index in [1.165, 1.54) is 5.56 Å². The number of rotatable bonds is 6. The zero-order valence-electron chi connectivity index (χ0n) is 10.9. The van der Waals surface area contributed by atoms with Gasteiger partial charge in [-0.2, -0.15) is 0 Å². The van der Waals surface area contributed by atoms with Crippen molar-refractivity contribution in [3.05, 3.63) is 28.3 Å². The number of ether oxygens (including phenoxy) is 1. The van der Waals surface area contributed by atoms with Crippen LogP contribution in [-0.2, 0) is 6.42 Å². The van der Waals surface area contributed by atoms with Crippen LogP contribution in [0.5, 0.6) is 5.75 Å². The minimum absolute atomic E-state index is 0.307. The number of hydrogen-bond acceptors (Lipinski definition) is 2. The summed E-state index contributed by atoms with van der Waals surface area (Å²) in [5.74, 6) is 0.928. The summed E-state index contributed by atoms with van der Waals surface area (Å²) >= 11 is 6.13. The van der Waals surface area contributed by atoms with Gasteiger partial charge >= 0.3 is 0 Å². The summed E-state index contributed by atoms with van der Waals surface area (Å²) in [7, 11) is 1.70. The molecule has 2 N–H and O–H groups in total. The molecule has 1 unspecified atom stereocenters. The van der Waals surface area contributed by atoms with E-state index in [4.69, 9.17) is 22.1 Å². The Morgan fingerprint density at radius 2 is 2.12 bits per heavy atom. The van der Waals surface area contributed by atoms with Crippen LogP contribution in [0.1, 0.15) is 37.3 Å². The highest BCUT2D eigenvalue weighted by molar-refractivity contribution is 6.31. The van der Waals surface area contributed by atoms with Crippen LogP contribution in [0.3, 0.4) is 0 Å². The number of benzene rings is 1. The molecule has 0 spiro atoms. The second kappa shape index (κ2) is 6.87. The van der Waals surface area contributed by atoms with E-state index in [0.717, 1.165) is 42.0 Å². The van der Waals surface area contributed by atoms with E-state index in [1.54, 1.807) is 7.11 Å². The Kier molecular flexibility index (Phi) is 5.79. The number of nitrogens with two attached hydrogens (primary N) is 1. The Balaban J connectivity index is 2.66. The third-order valence-corrected chi connectivity index (χ3v) is 3.51. The molecule has 1 aromatic carbocycles. The maximum absolute atomic E-state index is 6.13. The van der Waals surface area contributed by atoms with Crippen molar-refractivity contribution in [1.29, 1.82) is 0 Å². The van der Waals surface area contributed by atoms with Crippen LogP contribution in [0.4, 0.5) is 0 Å². The molecule has 0 saturated carbocycles. The first kappa shape index (κ1) is 14.3. The standard InChI is InChI=1S/C14H22ClNO/c1-4-12(16)7-5-6-11-9-13(15)10(2)8-14(11)17-3/h8-9,12H,4-7,16H2,1-3H3. The summed E-state index contributed by atoms with van der Waals surface area (Å²) < 4.78 is 5.38. The van der Waals surface area contributed by atoms with Crippen molar-refractivity contribution in [3.8, 4) is 5.75 Å². The van der Waals surface area contributed by atoms with E-state index in [-0.39, 0.29) is 0 Å². The molecule has 96 valence electrons. The Labute approximate surface area is 109 Å². The lowest BCUT2D eigenvalue weighted by Crippen LogP contribution is -2.18.